The van der Waals surface area contributed by atoms with Crippen LogP contribution in [0.5, 0.6) is 0 Å². The normalized spacial score (nSPS) is 39.8. The van der Waals surface area contributed by atoms with E-state index in [1.54, 1.807) is 11.2 Å². The molecule has 1 fully saturated rings. The van der Waals surface area contributed by atoms with Crippen molar-refractivity contribution in [1.82, 2.24) is 0 Å². The highest BCUT2D eigenvalue weighted by atomic mass is 32.4. The third-order valence-electron chi connectivity index (χ3n) is 1.26. The largest absolute Gasteiger partial charge is 0.424 e. The zero-order valence-electron chi connectivity index (χ0n) is 4.58. The van der Waals surface area contributed by atoms with Gasteiger partial charge in [-0.2, -0.15) is 11.2 Å². The van der Waals surface area contributed by atoms with Gasteiger partial charge in [-0.3, -0.25) is 0 Å². The van der Waals surface area contributed by atoms with E-state index < -0.39 is 8.19 Å². The Labute approximate surface area is 54.3 Å². The molecule has 1 aliphatic rings. The minimum absolute atomic E-state index is 0.339. The lowest BCUT2D eigenvalue weighted by Gasteiger charge is -2.19. The second kappa shape index (κ2) is 2.86. The number of hydrogen-bond donors (Lipinski definition) is 2. The zero-order valence-corrected chi connectivity index (χ0v) is 6.55. The molecule has 0 saturated carbocycles. The van der Waals surface area contributed by atoms with E-state index in [9.17, 15) is 0 Å². The summed E-state index contributed by atoms with van der Waals surface area (Å²) in [5.74, 6) is 1.05. The van der Waals surface area contributed by atoms with Crippen LogP contribution in [-0.4, -0.2) is 29.6 Å². The molecule has 0 aromatic carbocycles. The van der Waals surface area contributed by atoms with Crippen molar-refractivity contribution < 1.29 is 9.90 Å². The Morgan fingerprint density at radius 3 is 2.75 bits per heavy atom. The Balaban J connectivity index is 2.28. The van der Waals surface area contributed by atoms with Gasteiger partial charge in [0.2, 0.25) is 0 Å². The van der Waals surface area contributed by atoms with Gasteiger partial charge in [0, 0.05) is 0 Å². The van der Waals surface area contributed by atoms with Gasteiger partial charge in [0.1, 0.15) is 0 Å². The van der Waals surface area contributed by atoms with Crippen LogP contribution in [0.15, 0.2) is 0 Å². The number of aliphatic hydroxyl groups is 1. The highest BCUT2D eigenvalue weighted by molar-refractivity contribution is 8.24. The minimum Gasteiger partial charge on any atom is -0.424 e. The first-order chi connectivity index (χ1) is 3.80. The summed E-state index contributed by atoms with van der Waals surface area (Å²) >= 11 is 1.57. The predicted octanol–water partition coefficient (Wildman–Crippen LogP) is -0.374. The maximum atomic E-state index is 9.03. The Morgan fingerprint density at radius 1 is 1.62 bits per heavy atom. The molecule has 0 spiro atoms. The molecule has 1 rings (SSSR count). The van der Waals surface area contributed by atoms with Crippen molar-refractivity contribution in [1.29, 1.82) is 0 Å². The Morgan fingerprint density at radius 2 is 2.38 bits per heavy atom. The number of hydrogen-bond acceptors (Lipinski definition) is 3. The van der Waals surface area contributed by atoms with Crippen molar-refractivity contribution in [3.05, 3.63) is 0 Å². The molecule has 1 heterocycles. The predicted molar refractivity (Wildman–Crippen MR) is 37.1 cm³/mol. The Kier molecular flexibility index (Phi) is 2.37. The van der Waals surface area contributed by atoms with Gasteiger partial charge in [0.15, 0.2) is 0 Å². The molecule has 0 radical (unpaired) electrons. The lowest BCUT2D eigenvalue weighted by atomic mass is 10.3. The molecule has 1 aliphatic heterocycles. The fourth-order valence-electron chi connectivity index (χ4n) is 0.750. The molecule has 0 aromatic heterocycles. The molecule has 0 aromatic rings. The van der Waals surface area contributed by atoms with E-state index in [1.165, 1.54) is 0 Å². The van der Waals surface area contributed by atoms with Crippen LogP contribution in [0.1, 0.15) is 12.8 Å². The molecule has 8 heavy (non-hydrogen) atoms. The quantitative estimate of drug-likeness (QED) is 0.463. The maximum Gasteiger partial charge on any atom is 0.263 e. The zero-order chi connectivity index (χ0) is 5.98. The van der Waals surface area contributed by atoms with E-state index >= 15 is 0 Å². The standard InChI is InChI=1S/C4H10O2SSi/c5-4-2-1-3-7-8(4)6/h4-6,8H,1-3H2. The van der Waals surface area contributed by atoms with Crippen LogP contribution < -0.4 is 0 Å². The topological polar surface area (TPSA) is 40.5 Å². The molecule has 2 unspecified atom stereocenters. The average molecular weight is 150 g/mol. The fourth-order valence-corrected chi connectivity index (χ4v) is 4.37. The summed E-state index contributed by atoms with van der Waals surface area (Å²) in [6, 6.07) is 0. The van der Waals surface area contributed by atoms with E-state index in [0.29, 0.717) is 0 Å². The van der Waals surface area contributed by atoms with Crippen molar-refractivity contribution in [3.8, 4) is 0 Å². The molecule has 4 heteroatoms. The van der Waals surface area contributed by atoms with Gasteiger partial charge in [-0.25, -0.2) is 0 Å². The van der Waals surface area contributed by atoms with Crippen LogP contribution in [0.2, 0.25) is 0 Å². The number of aliphatic hydroxyl groups excluding tert-OH is 1. The lowest BCUT2D eigenvalue weighted by molar-refractivity contribution is 0.222. The van der Waals surface area contributed by atoms with Crippen molar-refractivity contribution in [2.24, 2.45) is 0 Å². The van der Waals surface area contributed by atoms with Gasteiger partial charge >= 0.3 is 0 Å². The van der Waals surface area contributed by atoms with Gasteiger partial charge in [0.25, 0.3) is 8.19 Å². The summed E-state index contributed by atoms with van der Waals surface area (Å²) in [6.07, 6.45) is 1.89. The third kappa shape index (κ3) is 1.48. The molecule has 0 amide bonds. The maximum absolute atomic E-state index is 9.03. The summed E-state index contributed by atoms with van der Waals surface area (Å²) < 4.78 is 0. The van der Waals surface area contributed by atoms with Crippen molar-refractivity contribution in [2.75, 3.05) is 5.75 Å². The molecule has 2 N–H and O–H groups in total. The Hall–Kier alpha value is 0.487. The van der Waals surface area contributed by atoms with E-state index in [4.69, 9.17) is 9.90 Å². The first-order valence-electron chi connectivity index (χ1n) is 2.78. The summed E-state index contributed by atoms with van der Waals surface area (Å²) in [7, 11) is -1.72. The number of rotatable bonds is 0. The van der Waals surface area contributed by atoms with Gasteiger partial charge in [0.05, 0.1) is 5.73 Å². The monoisotopic (exact) mass is 150 g/mol. The average Bonchev–Trinajstić information content (AvgIpc) is 1.77. The van der Waals surface area contributed by atoms with Crippen LogP contribution in [0.25, 0.3) is 0 Å². The molecule has 0 bridgehead atoms. The summed E-state index contributed by atoms with van der Waals surface area (Å²) in [5.41, 5.74) is -0.339. The van der Waals surface area contributed by atoms with Gasteiger partial charge in [-0.15, -0.1) is 0 Å². The van der Waals surface area contributed by atoms with Gasteiger partial charge < -0.3 is 9.90 Å². The molecule has 0 aliphatic carbocycles. The van der Waals surface area contributed by atoms with Crippen LogP contribution in [-0.2, 0) is 0 Å². The van der Waals surface area contributed by atoms with Crippen LogP contribution in [0, 0.1) is 0 Å². The fraction of sp³-hybridized carbons (Fsp3) is 1.00. The van der Waals surface area contributed by atoms with Crippen molar-refractivity contribution >= 4 is 19.4 Å². The minimum atomic E-state index is -1.72. The van der Waals surface area contributed by atoms with Gasteiger partial charge in [-0.1, -0.05) is 0 Å². The molecular formula is C4H10O2SSi. The first kappa shape index (κ1) is 6.60. The summed E-state index contributed by atoms with van der Waals surface area (Å²) in [5, 5.41) is 8.97. The molecule has 2 nitrogen and oxygen atoms in total. The first-order valence-corrected chi connectivity index (χ1v) is 6.43. The SMILES string of the molecule is OC1CCCS[SiH]1O. The smallest absolute Gasteiger partial charge is 0.263 e. The van der Waals surface area contributed by atoms with E-state index in [1.807, 2.05) is 0 Å². The third-order valence-corrected chi connectivity index (χ3v) is 5.79. The van der Waals surface area contributed by atoms with Gasteiger partial charge in [-0.05, 0) is 18.6 Å². The molecule has 2 atom stereocenters. The second-order valence-corrected chi connectivity index (χ2v) is 6.71. The summed E-state index contributed by atoms with van der Waals surface area (Å²) in [6.45, 7) is 0. The summed E-state index contributed by atoms with van der Waals surface area (Å²) in [4.78, 5) is 9.03. The van der Waals surface area contributed by atoms with Crippen LogP contribution >= 0.6 is 11.2 Å². The Bertz CT molecular complexity index is 70.4. The van der Waals surface area contributed by atoms with Crippen molar-refractivity contribution in [2.45, 2.75) is 18.6 Å². The van der Waals surface area contributed by atoms with Crippen LogP contribution in [0.4, 0.5) is 0 Å². The molecule has 48 valence electrons. The molecular weight excluding hydrogens is 140 g/mol. The lowest BCUT2D eigenvalue weighted by Crippen LogP contribution is -2.31. The van der Waals surface area contributed by atoms with Crippen LogP contribution in [0.3, 0.4) is 0 Å². The van der Waals surface area contributed by atoms with E-state index in [-0.39, 0.29) is 5.73 Å². The van der Waals surface area contributed by atoms with E-state index in [0.717, 1.165) is 18.6 Å². The molecule has 1 saturated heterocycles. The second-order valence-electron chi connectivity index (χ2n) is 1.97. The van der Waals surface area contributed by atoms with E-state index in [2.05, 4.69) is 0 Å². The van der Waals surface area contributed by atoms with Crippen molar-refractivity contribution in [3.63, 3.8) is 0 Å². The highest BCUT2D eigenvalue weighted by Gasteiger charge is 2.22. The highest BCUT2D eigenvalue weighted by Crippen LogP contribution is 2.19.